The summed E-state index contributed by atoms with van der Waals surface area (Å²) in [6.07, 6.45) is 1.45. The van der Waals surface area contributed by atoms with Gasteiger partial charge in [-0.05, 0) is 11.6 Å². The second kappa shape index (κ2) is 6.34. The Hall–Kier alpha value is -4.07. The van der Waals surface area contributed by atoms with E-state index in [1.807, 2.05) is 66.7 Å². The topological polar surface area (TPSA) is 93.9 Å². The molecule has 0 radical (unpaired) electrons. The number of aromatic amines is 1. The van der Waals surface area contributed by atoms with Crippen molar-refractivity contribution in [3.63, 3.8) is 0 Å². The normalized spacial score (nSPS) is 11.0. The van der Waals surface area contributed by atoms with E-state index in [9.17, 15) is 0 Å². The third-order valence-corrected chi connectivity index (χ3v) is 4.06. The Morgan fingerprint density at radius 2 is 1.59 bits per heavy atom. The van der Waals surface area contributed by atoms with E-state index in [1.54, 1.807) is 4.52 Å². The molecule has 0 bridgehead atoms. The summed E-state index contributed by atoms with van der Waals surface area (Å²) in [5.74, 6) is 0.996. The Kier molecular flexibility index (Phi) is 3.57. The molecular formula is C19H13N7O. The largest absolute Gasteiger partial charge is 0.402 e. The molecule has 3 heterocycles. The van der Waals surface area contributed by atoms with Crippen molar-refractivity contribution in [2.24, 2.45) is 0 Å². The van der Waals surface area contributed by atoms with Crippen molar-refractivity contribution in [3.8, 4) is 34.4 Å². The van der Waals surface area contributed by atoms with Gasteiger partial charge < -0.3 is 4.74 Å². The van der Waals surface area contributed by atoms with Crippen molar-refractivity contribution >= 4 is 5.65 Å². The number of rotatable bonds is 4. The van der Waals surface area contributed by atoms with Gasteiger partial charge in [0.15, 0.2) is 11.5 Å². The zero-order valence-corrected chi connectivity index (χ0v) is 14.0. The monoisotopic (exact) mass is 355 g/mol. The highest BCUT2D eigenvalue weighted by Crippen LogP contribution is 2.32. The van der Waals surface area contributed by atoms with Gasteiger partial charge >= 0.3 is 6.01 Å². The number of nitrogens with zero attached hydrogens (tertiary/aromatic N) is 6. The molecule has 0 aliphatic rings. The molecule has 0 aliphatic carbocycles. The Balaban J connectivity index is 1.72. The quantitative estimate of drug-likeness (QED) is 0.531. The molecule has 0 saturated heterocycles. The van der Waals surface area contributed by atoms with Gasteiger partial charge in [-0.3, -0.25) is 5.10 Å². The first-order chi connectivity index (χ1) is 13.4. The number of hydrogen-bond donors (Lipinski definition) is 1. The van der Waals surface area contributed by atoms with E-state index in [0.29, 0.717) is 17.4 Å². The van der Waals surface area contributed by atoms with Crippen LogP contribution in [0.15, 0.2) is 73.1 Å². The molecule has 2 aromatic carbocycles. The van der Waals surface area contributed by atoms with Gasteiger partial charge in [0.1, 0.15) is 6.33 Å². The second-order valence-electron chi connectivity index (χ2n) is 5.77. The molecule has 0 amide bonds. The van der Waals surface area contributed by atoms with Crippen LogP contribution in [0.5, 0.6) is 11.9 Å². The highest BCUT2D eigenvalue weighted by atomic mass is 16.5. The fourth-order valence-electron chi connectivity index (χ4n) is 2.82. The number of ether oxygens (including phenoxy) is 1. The molecule has 0 unspecified atom stereocenters. The first kappa shape index (κ1) is 15.2. The summed E-state index contributed by atoms with van der Waals surface area (Å²) in [5, 5.41) is 19.8. The number of fused-ring (bicyclic) bond motifs is 1. The van der Waals surface area contributed by atoms with Crippen molar-refractivity contribution in [2.75, 3.05) is 0 Å². The lowest BCUT2D eigenvalue weighted by atomic mass is 10.1. The van der Waals surface area contributed by atoms with Gasteiger partial charge in [0.25, 0.3) is 0 Å². The highest BCUT2D eigenvalue weighted by Gasteiger charge is 2.17. The van der Waals surface area contributed by atoms with Crippen LogP contribution < -0.4 is 4.74 Å². The van der Waals surface area contributed by atoms with Gasteiger partial charge in [-0.15, -0.1) is 20.4 Å². The van der Waals surface area contributed by atoms with Crippen molar-refractivity contribution in [1.29, 1.82) is 0 Å². The minimum absolute atomic E-state index is 0.188. The van der Waals surface area contributed by atoms with Crippen molar-refractivity contribution < 1.29 is 4.74 Å². The standard InChI is InChI=1S/C19H13N7O/c1-3-7-13(8-4-1)15-11-16-22-23-17(14-9-5-2-6-10-14)26(16)25-18(15)27-19-20-12-21-24-19/h1-12H,(H,20,21,24). The third-order valence-electron chi connectivity index (χ3n) is 4.06. The van der Waals surface area contributed by atoms with E-state index in [0.717, 1.165) is 16.7 Å². The molecule has 0 aliphatic heterocycles. The van der Waals surface area contributed by atoms with Crippen LogP contribution in [0.3, 0.4) is 0 Å². The highest BCUT2D eigenvalue weighted by molar-refractivity contribution is 5.73. The van der Waals surface area contributed by atoms with Crippen LogP contribution in [-0.4, -0.2) is 35.0 Å². The van der Waals surface area contributed by atoms with Gasteiger partial charge in [-0.2, -0.15) is 9.50 Å². The molecule has 8 nitrogen and oxygen atoms in total. The molecule has 0 spiro atoms. The Morgan fingerprint density at radius 1 is 0.852 bits per heavy atom. The second-order valence-corrected chi connectivity index (χ2v) is 5.77. The number of hydrogen-bond acceptors (Lipinski definition) is 6. The number of aromatic nitrogens is 7. The molecule has 3 aromatic heterocycles. The number of H-pyrrole nitrogens is 1. The lowest BCUT2D eigenvalue weighted by molar-refractivity contribution is 0.421. The van der Waals surface area contributed by atoms with E-state index in [4.69, 9.17) is 4.74 Å². The molecule has 8 heteroatoms. The maximum atomic E-state index is 5.83. The predicted octanol–water partition coefficient (Wildman–Crippen LogP) is 3.37. The maximum Gasteiger partial charge on any atom is 0.342 e. The van der Waals surface area contributed by atoms with Gasteiger partial charge in [-0.1, -0.05) is 60.7 Å². The van der Waals surface area contributed by atoms with Gasteiger partial charge in [0.2, 0.25) is 5.88 Å². The van der Waals surface area contributed by atoms with E-state index in [1.165, 1.54) is 6.33 Å². The minimum atomic E-state index is 0.188. The minimum Gasteiger partial charge on any atom is -0.402 e. The summed E-state index contributed by atoms with van der Waals surface area (Å²) in [6, 6.07) is 21.7. The van der Waals surface area contributed by atoms with Crippen molar-refractivity contribution in [2.45, 2.75) is 0 Å². The Labute approximate surface area is 153 Å². The van der Waals surface area contributed by atoms with Crippen LogP contribution in [0.2, 0.25) is 0 Å². The van der Waals surface area contributed by atoms with Crippen molar-refractivity contribution in [3.05, 3.63) is 73.1 Å². The van der Waals surface area contributed by atoms with Crippen molar-refractivity contribution in [1.82, 2.24) is 35.0 Å². The molecule has 0 fully saturated rings. The van der Waals surface area contributed by atoms with Crippen LogP contribution >= 0.6 is 0 Å². The number of nitrogens with one attached hydrogen (secondary N) is 1. The molecule has 0 atom stereocenters. The van der Waals surface area contributed by atoms with Crippen LogP contribution in [0, 0.1) is 0 Å². The molecule has 5 aromatic rings. The van der Waals surface area contributed by atoms with Gasteiger partial charge in [0.05, 0.1) is 0 Å². The zero-order chi connectivity index (χ0) is 18.1. The van der Waals surface area contributed by atoms with Crippen LogP contribution in [-0.2, 0) is 0 Å². The SMILES string of the molecule is c1ccc(-c2cc3nnc(-c4ccccc4)n3nc2Oc2nc[nH]n2)cc1. The lowest BCUT2D eigenvalue weighted by Gasteiger charge is -2.09. The fraction of sp³-hybridized carbons (Fsp3) is 0. The zero-order valence-electron chi connectivity index (χ0n) is 14.0. The van der Waals surface area contributed by atoms with Gasteiger partial charge in [0, 0.05) is 11.1 Å². The summed E-state index contributed by atoms with van der Waals surface area (Å²) < 4.78 is 7.49. The smallest absolute Gasteiger partial charge is 0.342 e. The van der Waals surface area contributed by atoms with E-state index >= 15 is 0 Å². The Morgan fingerprint density at radius 3 is 2.30 bits per heavy atom. The van der Waals surface area contributed by atoms with E-state index in [-0.39, 0.29) is 6.01 Å². The lowest BCUT2D eigenvalue weighted by Crippen LogP contribution is -2.01. The summed E-state index contributed by atoms with van der Waals surface area (Å²) in [7, 11) is 0. The average Bonchev–Trinajstić information content (AvgIpc) is 3.38. The molecule has 5 rings (SSSR count). The third kappa shape index (κ3) is 2.78. The summed E-state index contributed by atoms with van der Waals surface area (Å²) in [4.78, 5) is 4.03. The summed E-state index contributed by atoms with van der Waals surface area (Å²) >= 11 is 0. The molecule has 130 valence electrons. The Bertz CT molecular complexity index is 1190. The number of benzene rings is 2. The first-order valence-electron chi connectivity index (χ1n) is 8.29. The molecule has 0 saturated carbocycles. The summed E-state index contributed by atoms with van der Waals surface area (Å²) in [5.41, 5.74) is 3.26. The van der Waals surface area contributed by atoms with E-state index < -0.39 is 0 Å². The molecule has 1 N–H and O–H groups in total. The fourth-order valence-corrected chi connectivity index (χ4v) is 2.82. The first-order valence-corrected chi connectivity index (χ1v) is 8.29. The van der Waals surface area contributed by atoms with Crippen LogP contribution in [0.4, 0.5) is 0 Å². The molecule has 27 heavy (non-hydrogen) atoms. The van der Waals surface area contributed by atoms with Crippen LogP contribution in [0.25, 0.3) is 28.2 Å². The predicted molar refractivity (Wildman–Crippen MR) is 98.1 cm³/mol. The van der Waals surface area contributed by atoms with Gasteiger partial charge in [-0.25, -0.2) is 0 Å². The van der Waals surface area contributed by atoms with E-state index in [2.05, 4.69) is 30.5 Å². The maximum absolute atomic E-state index is 5.83. The van der Waals surface area contributed by atoms with Crippen LogP contribution in [0.1, 0.15) is 0 Å². The summed E-state index contributed by atoms with van der Waals surface area (Å²) in [6.45, 7) is 0. The molecular weight excluding hydrogens is 342 g/mol. The average molecular weight is 355 g/mol.